The van der Waals surface area contributed by atoms with Crippen LogP contribution in [-0.4, -0.2) is 31.2 Å². The molecule has 5 nitrogen and oxygen atoms in total. The van der Waals surface area contributed by atoms with Gasteiger partial charge >= 0.3 is 5.97 Å². The number of esters is 1. The number of ether oxygens (including phenoxy) is 2. The van der Waals surface area contributed by atoms with Crippen LogP contribution in [0.4, 0.5) is 5.69 Å². The van der Waals surface area contributed by atoms with Crippen LogP contribution in [-0.2, 0) is 4.74 Å². The van der Waals surface area contributed by atoms with Gasteiger partial charge in [0.1, 0.15) is 5.75 Å². The highest BCUT2D eigenvalue weighted by molar-refractivity contribution is 5.95. The first-order chi connectivity index (χ1) is 14.2. The Bertz CT molecular complexity index is 1030. The zero-order chi connectivity index (χ0) is 20.2. The molecule has 1 unspecified atom stereocenters. The monoisotopic (exact) mass is 388 g/mol. The van der Waals surface area contributed by atoms with Crippen LogP contribution in [0, 0.1) is 6.92 Å². The van der Waals surface area contributed by atoms with Crippen LogP contribution in [0.25, 0.3) is 11.1 Å². The van der Waals surface area contributed by atoms with Crippen LogP contribution in [0.5, 0.6) is 5.75 Å². The molecule has 0 aliphatic carbocycles. The van der Waals surface area contributed by atoms with E-state index in [9.17, 15) is 4.79 Å². The summed E-state index contributed by atoms with van der Waals surface area (Å²) < 4.78 is 10.8. The largest absolute Gasteiger partial charge is 0.493 e. The molecule has 1 aliphatic heterocycles. The number of carbonyl (C=O) groups is 1. The first kappa shape index (κ1) is 19.0. The van der Waals surface area contributed by atoms with E-state index in [0.717, 1.165) is 17.7 Å². The molecule has 0 saturated heterocycles. The van der Waals surface area contributed by atoms with Gasteiger partial charge in [-0.3, -0.25) is 4.98 Å². The fourth-order valence-electron chi connectivity index (χ4n) is 3.80. The number of hydrogen-bond donors (Lipinski definition) is 1. The van der Waals surface area contributed by atoms with Crippen LogP contribution >= 0.6 is 0 Å². The predicted octanol–water partition coefficient (Wildman–Crippen LogP) is 4.82. The second-order valence-corrected chi connectivity index (χ2v) is 7.20. The molecule has 1 aromatic heterocycles. The molecular weight excluding hydrogens is 364 g/mol. The molecule has 1 aliphatic rings. The number of rotatable bonds is 5. The third-order valence-corrected chi connectivity index (χ3v) is 5.40. The van der Waals surface area contributed by atoms with Crippen LogP contribution in [0.15, 0.2) is 60.9 Å². The third kappa shape index (κ3) is 3.94. The molecule has 0 radical (unpaired) electrons. The van der Waals surface area contributed by atoms with E-state index in [4.69, 9.17) is 9.47 Å². The second-order valence-electron chi connectivity index (χ2n) is 7.20. The van der Waals surface area contributed by atoms with E-state index in [0.29, 0.717) is 24.4 Å². The lowest BCUT2D eigenvalue weighted by Crippen LogP contribution is -2.21. The normalized spacial score (nSPS) is 15.2. The Kier molecular flexibility index (Phi) is 5.47. The number of nitrogens with one attached hydrogen (secondary N) is 1. The predicted molar refractivity (Wildman–Crippen MR) is 114 cm³/mol. The maximum absolute atomic E-state index is 12.0. The van der Waals surface area contributed by atoms with E-state index < -0.39 is 0 Å². The lowest BCUT2D eigenvalue weighted by Gasteiger charge is -2.27. The van der Waals surface area contributed by atoms with Crippen LogP contribution in [0.3, 0.4) is 0 Å². The van der Waals surface area contributed by atoms with Crippen molar-refractivity contribution in [2.75, 3.05) is 25.6 Å². The van der Waals surface area contributed by atoms with Crippen molar-refractivity contribution in [1.82, 2.24) is 4.98 Å². The van der Waals surface area contributed by atoms with Crippen LogP contribution in [0.2, 0.25) is 0 Å². The minimum atomic E-state index is -0.370. The maximum atomic E-state index is 12.0. The van der Waals surface area contributed by atoms with E-state index in [1.54, 1.807) is 18.5 Å². The van der Waals surface area contributed by atoms with E-state index in [1.165, 1.54) is 23.8 Å². The molecule has 0 saturated carbocycles. The van der Waals surface area contributed by atoms with Crippen molar-refractivity contribution < 1.29 is 14.3 Å². The first-order valence-corrected chi connectivity index (χ1v) is 9.76. The summed E-state index contributed by atoms with van der Waals surface area (Å²) in [5.74, 6) is 0.851. The summed E-state index contributed by atoms with van der Waals surface area (Å²) in [6.07, 6.45) is 4.17. The molecule has 2 aromatic carbocycles. The smallest absolute Gasteiger partial charge is 0.340 e. The van der Waals surface area contributed by atoms with Gasteiger partial charge in [0.15, 0.2) is 0 Å². The van der Waals surface area contributed by atoms with Crippen molar-refractivity contribution in [3.05, 3.63) is 77.6 Å². The minimum Gasteiger partial charge on any atom is -0.493 e. The summed E-state index contributed by atoms with van der Waals surface area (Å²) in [6.45, 7) is 3.48. The third-order valence-electron chi connectivity index (χ3n) is 5.40. The molecule has 0 spiro atoms. The average Bonchev–Trinajstić information content (AvgIpc) is 2.77. The lowest BCUT2D eigenvalue weighted by atomic mass is 9.90. The molecule has 2 heterocycles. The minimum absolute atomic E-state index is 0.287. The molecule has 0 amide bonds. The highest BCUT2D eigenvalue weighted by Crippen LogP contribution is 2.37. The molecule has 3 aromatic rings. The zero-order valence-electron chi connectivity index (χ0n) is 16.6. The first-order valence-electron chi connectivity index (χ1n) is 9.76. The number of carbonyl (C=O) groups excluding carboxylic acids is 1. The molecule has 5 heteroatoms. The summed E-state index contributed by atoms with van der Waals surface area (Å²) in [5.41, 5.74) is 5.99. The Hall–Kier alpha value is -3.34. The molecule has 1 N–H and O–H groups in total. The van der Waals surface area contributed by atoms with Gasteiger partial charge in [0.2, 0.25) is 0 Å². The fraction of sp³-hybridized carbons (Fsp3) is 0.250. The Labute approximate surface area is 170 Å². The highest BCUT2D eigenvalue weighted by atomic mass is 16.5. The number of methoxy groups -OCH3 is 1. The fourth-order valence-corrected chi connectivity index (χ4v) is 3.80. The molecule has 0 bridgehead atoms. The van der Waals surface area contributed by atoms with Crippen molar-refractivity contribution in [3.63, 3.8) is 0 Å². The van der Waals surface area contributed by atoms with Gasteiger partial charge in [-0.15, -0.1) is 0 Å². The maximum Gasteiger partial charge on any atom is 0.340 e. The number of pyridine rings is 1. The van der Waals surface area contributed by atoms with Crippen molar-refractivity contribution in [2.45, 2.75) is 19.3 Å². The zero-order valence-corrected chi connectivity index (χ0v) is 16.6. The van der Waals surface area contributed by atoms with Gasteiger partial charge in [-0.2, -0.15) is 0 Å². The van der Waals surface area contributed by atoms with E-state index in [-0.39, 0.29) is 11.9 Å². The van der Waals surface area contributed by atoms with Gasteiger partial charge in [0, 0.05) is 18.7 Å². The number of aryl methyl sites for hydroxylation is 1. The van der Waals surface area contributed by atoms with E-state index in [1.807, 2.05) is 0 Å². The van der Waals surface area contributed by atoms with E-state index >= 15 is 0 Å². The quantitative estimate of drug-likeness (QED) is 0.635. The second kappa shape index (κ2) is 8.35. The van der Waals surface area contributed by atoms with Crippen molar-refractivity contribution in [3.8, 4) is 16.9 Å². The molecular formula is C24H24N2O3. The van der Waals surface area contributed by atoms with Crippen molar-refractivity contribution >= 4 is 11.7 Å². The Morgan fingerprint density at radius 1 is 1.24 bits per heavy atom. The Morgan fingerprint density at radius 3 is 2.93 bits per heavy atom. The SMILES string of the molecule is COC(=O)c1ccncc1NCC1CCOc2cc(-c3ccccc3C)ccc21. The number of hydrogen-bond acceptors (Lipinski definition) is 5. The molecule has 29 heavy (non-hydrogen) atoms. The number of nitrogens with zero attached hydrogens (tertiary/aromatic N) is 1. The number of benzene rings is 2. The van der Waals surface area contributed by atoms with Gasteiger partial charge in [-0.25, -0.2) is 4.79 Å². The number of aromatic nitrogens is 1. The summed E-state index contributed by atoms with van der Waals surface area (Å²) in [7, 11) is 1.38. The molecule has 148 valence electrons. The Balaban J connectivity index is 1.55. The molecule has 1 atom stereocenters. The summed E-state index contributed by atoms with van der Waals surface area (Å²) >= 11 is 0. The van der Waals surface area contributed by atoms with Gasteiger partial charge in [0.05, 0.1) is 31.2 Å². The average molecular weight is 388 g/mol. The lowest BCUT2D eigenvalue weighted by molar-refractivity contribution is 0.0601. The standard InChI is InChI=1S/C24H24N2O3/c1-16-5-3-4-6-19(16)17-7-8-20-18(10-12-29-23(20)13-17)14-26-22-15-25-11-9-21(22)24(27)28-2/h3-9,11,13,15,18,26H,10,12,14H2,1-2H3. The highest BCUT2D eigenvalue weighted by Gasteiger charge is 2.23. The summed E-state index contributed by atoms with van der Waals surface area (Å²) in [5, 5.41) is 3.38. The summed E-state index contributed by atoms with van der Waals surface area (Å²) in [6, 6.07) is 16.5. The summed E-state index contributed by atoms with van der Waals surface area (Å²) in [4.78, 5) is 16.1. The van der Waals surface area contributed by atoms with Crippen LogP contribution in [0.1, 0.15) is 33.8 Å². The number of anilines is 1. The van der Waals surface area contributed by atoms with E-state index in [2.05, 4.69) is 59.7 Å². The van der Waals surface area contributed by atoms with Crippen LogP contribution < -0.4 is 10.1 Å². The van der Waals surface area contributed by atoms with Gasteiger partial charge < -0.3 is 14.8 Å². The van der Waals surface area contributed by atoms with Crippen molar-refractivity contribution in [2.24, 2.45) is 0 Å². The topological polar surface area (TPSA) is 60.5 Å². The van der Waals surface area contributed by atoms with Gasteiger partial charge in [-0.05, 0) is 47.7 Å². The Morgan fingerprint density at radius 2 is 2.10 bits per heavy atom. The molecule has 4 rings (SSSR count). The molecule has 0 fully saturated rings. The van der Waals surface area contributed by atoms with Crippen molar-refractivity contribution in [1.29, 1.82) is 0 Å². The van der Waals surface area contributed by atoms with Gasteiger partial charge in [0.25, 0.3) is 0 Å². The number of fused-ring (bicyclic) bond motifs is 1. The van der Waals surface area contributed by atoms with Gasteiger partial charge in [-0.1, -0.05) is 36.4 Å².